The van der Waals surface area contributed by atoms with Gasteiger partial charge in [0.25, 0.3) is 0 Å². The van der Waals surface area contributed by atoms with E-state index in [9.17, 15) is 0 Å². The molecule has 2 aliphatic rings. The molecule has 0 N–H and O–H groups in total. The van der Waals surface area contributed by atoms with Gasteiger partial charge < -0.3 is 0 Å². The molecule has 0 heteroatoms. The second-order valence-corrected chi connectivity index (χ2v) is 7.01. The first-order valence-corrected chi connectivity index (χ1v) is 8.32. The van der Waals surface area contributed by atoms with Crippen molar-refractivity contribution in [3.63, 3.8) is 0 Å². The molecule has 1 atom stereocenters. The summed E-state index contributed by atoms with van der Waals surface area (Å²) in [4.78, 5) is 0. The molecule has 0 aromatic rings. The van der Waals surface area contributed by atoms with E-state index in [1.165, 1.54) is 44.1 Å². The van der Waals surface area contributed by atoms with Gasteiger partial charge in [0.2, 0.25) is 0 Å². The Morgan fingerprint density at radius 2 is 1.45 bits per heavy atom. The first kappa shape index (κ1) is 15.4. The largest absolute Gasteiger partial charge is 0.0730 e. The molecule has 20 heavy (non-hydrogen) atoms. The minimum Gasteiger partial charge on any atom is -0.0730 e. The van der Waals surface area contributed by atoms with Crippen LogP contribution in [0.5, 0.6) is 0 Å². The van der Waals surface area contributed by atoms with Gasteiger partial charge in [-0.25, -0.2) is 0 Å². The maximum atomic E-state index is 2.41. The number of rotatable bonds is 5. The Balaban J connectivity index is 1.97. The summed E-state index contributed by atoms with van der Waals surface area (Å²) in [6.07, 6.45) is 17.1. The Hall–Kier alpha value is -1.04. The summed E-state index contributed by atoms with van der Waals surface area (Å²) in [5.74, 6) is 1.59. The van der Waals surface area contributed by atoms with Crippen LogP contribution >= 0.6 is 0 Å². The summed E-state index contributed by atoms with van der Waals surface area (Å²) < 4.78 is 0. The van der Waals surface area contributed by atoms with Crippen molar-refractivity contribution in [1.29, 1.82) is 0 Å². The smallest absolute Gasteiger partial charge is 0.0228 e. The van der Waals surface area contributed by atoms with Crippen LogP contribution in [-0.4, -0.2) is 0 Å². The summed E-state index contributed by atoms with van der Waals surface area (Å²) in [6.45, 7) is 9.28. The van der Waals surface area contributed by atoms with Gasteiger partial charge in [-0.3, -0.25) is 0 Å². The van der Waals surface area contributed by atoms with Crippen LogP contribution in [0.15, 0.2) is 46.6 Å². The highest BCUT2D eigenvalue weighted by Gasteiger charge is 2.16. The third kappa shape index (κ3) is 4.23. The molecule has 110 valence electrons. The van der Waals surface area contributed by atoms with Gasteiger partial charge in [0.05, 0.1) is 0 Å². The van der Waals surface area contributed by atoms with E-state index < -0.39 is 0 Å². The molecular formula is C20H30. The molecule has 0 aromatic carbocycles. The molecule has 1 unspecified atom stereocenters. The van der Waals surface area contributed by atoms with Crippen molar-refractivity contribution in [2.75, 3.05) is 0 Å². The Bertz CT molecular complexity index is 454. The van der Waals surface area contributed by atoms with Crippen LogP contribution in [0.4, 0.5) is 0 Å². The average Bonchev–Trinajstić information content (AvgIpc) is 2.46. The highest BCUT2D eigenvalue weighted by molar-refractivity contribution is 5.42. The van der Waals surface area contributed by atoms with E-state index in [0.29, 0.717) is 0 Å². The number of allylic oxidation sites excluding steroid dienone is 8. The van der Waals surface area contributed by atoms with E-state index in [4.69, 9.17) is 0 Å². The third-order valence-electron chi connectivity index (χ3n) is 4.76. The molecule has 0 amide bonds. The first-order valence-electron chi connectivity index (χ1n) is 8.32. The molecule has 2 rings (SSSR count). The minimum atomic E-state index is 0.762. The van der Waals surface area contributed by atoms with Gasteiger partial charge >= 0.3 is 0 Å². The van der Waals surface area contributed by atoms with Crippen LogP contribution in [0.3, 0.4) is 0 Å². The molecule has 0 bridgehead atoms. The molecule has 0 saturated heterocycles. The highest BCUT2D eigenvalue weighted by atomic mass is 14.2. The van der Waals surface area contributed by atoms with Crippen molar-refractivity contribution in [3.8, 4) is 0 Å². The van der Waals surface area contributed by atoms with E-state index in [-0.39, 0.29) is 0 Å². The molecule has 0 radical (unpaired) electrons. The normalized spacial score (nSPS) is 21.1. The van der Waals surface area contributed by atoms with Gasteiger partial charge in [-0.15, -0.1) is 0 Å². The molecule has 0 heterocycles. The van der Waals surface area contributed by atoms with Crippen molar-refractivity contribution in [3.05, 3.63) is 46.6 Å². The summed E-state index contributed by atoms with van der Waals surface area (Å²) in [5.41, 5.74) is 6.33. The Kier molecular flexibility index (Phi) is 5.46. The third-order valence-corrected chi connectivity index (χ3v) is 4.76. The lowest BCUT2D eigenvalue weighted by Crippen LogP contribution is -2.06. The van der Waals surface area contributed by atoms with Gasteiger partial charge in [0.15, 0.2) is 0 Å². The second-order valence-electron chi connectivity index (χ2n) is 7.01. The van der Waals surface area contributed by atoms with E-state index in [1.54, 1.807) is 16.7 Å². The standard InChI is InChI=1S/C20H30/c1-15(2)5-8-17(4)18-11-13-20(14-12-18)19-9-6-16(3)7-10-19/h6,9,11,13,15,17H,5,7-8,10,12,14H2,1-4H3. The lowest BCUT2D eigenvalue weighted by molar-refractivity contribution is 0.480. The fourth-order valence-corrected chi connectivity index (χ4v) is 3.11. The van der Waals surface area contributed by atoms with Gasteiger partial charge in [-0.05, 0) is 62.0 Å². The van der Waals surface area contributed by atoms with Crippen LogP contribution in [0.2, 0.25) is 0 Å². The second kappa shape index (κ2) is 7.11. The van der Waals surface area contributed by atoms with Gasteiger partial charge in [0, 0.05) is 0 Å². The molecule has 0 spiro atoms. The van der Waals surface area contributed by atoms with Gasteiger partial charge in [-0.1, -0.05) is 62.6 Å². The molecule has 0 saturated carbocycles. The van der Waals surface area contributed by atoms with E-state index >= 15 is 0 Å². The fourth-order valence-electron chi connectivity index (χ4n) is 3.11. The maximum Gasteiger partial charge on any atom is -0.0228 e. The van der Waals surface area contributed by atoms with Gasteiger partial charge in [0.1, 0.15) is 0 Å². The Morgan fingerprint density at radius 3 is 1.95 bits per heavy atom. The molecule has 0 aromatic heterocycles. The van der Waals surface area contributed by atoms with E-state index in [2.05, 4.69) is 52.0 Å². The monoisotopic (exact) mass is 270 g/mol. The maximum absolute atomic E-state index is 2.41. The number of hydrogen-bond donors (Lipinski definition) is 0. The zero-order valence-corrected chi connectivity index (χ0v) is 13.7. The van der Waals surface area contributed by atoms with Crippen LogP contribution in [0.25, 0.3) is 0 Å². The first-order chi connectivity index (χ1) is 9.56. The molecule has 2 aliphatic carbocycles. The molecular weight excluding hydrogens is 240 g/mol. The fraction of sp³-hybridized carbons (Fsp3) is 0.600. The zero-order chi connectivity index (χ0) is 14.5. The lowest BCUT2D eigenvalue weighted by Gasteiger charge is -2.23. The highest BCUT2D eigenvalue weighted by Crippen LogP contribution is 2.33. The summed E-state index contributed by atoms with van der Waals surface area (Å²) >= 11 is 0. The van der Waals surface area contributed by atoms with Crippen LogP contribution in [-0.2, 0) is 0 Å². The zero-order valence-electron chi connectivity index (χ0n) is 13.7. The SMILES string of the molecule is CC1=CC=C(C2=CC=C(C(C)CCC(C)C)CC2)CC1. The van der Waals surface area contributed by atoms with E-state index in [0.717, 1.165) is 11.8 Å². The van der Waals surface area contributed by atoms with Crippen molar-refractivity contribution >= 4 is 0 Å². The summed E-state index contributed by atoms with van der Waals surface area (Å²) in [6, 6.07) is 0. The van der Waals surface area contributed by atoms with Crippen molar-refractivity contribution in [2.24, 2.45) is 11.8 Å². The number of hydrogen-bond acceptors (Lipinski definition) is 0. The predicted molar refractivity (Wildman–Crippen MR) is 89.7 cm³/mol. The minimum absolute atomic E-state index is 0.762. The Morgan fingerprint density at radius 1 is 0.800 bits per heavy atom. The van der Waals surface area contributed by atoms with Crippen molar-refractivity contribution in [2.45, 2.75) is 66.2 Å². The summed E-state index contributed by atoms with van der Waals surface area (Å²) in [7, 11) is 0. The van der Waals surface area contributed by atoms with Crippen molar-refractivity contribution < 1.29 is 0 Å². The van der Waals surface area contributed by atoms with Crippen LogP contribution in [0.1, 0.15) is 66.2 Å². The molecule has 0 fully saturated rings. The van der Waals surface area contributed by atoms with Gasteiger partial charge in [-0.2, -0.15) is 0 Å². The summed E-state index contributed by atoms with van der Waals surface area (Å²) in [5, 5.41) is 0. The lowest BCUT2D eigenvalue weighted by atomic mass is 9.83. The van der Waals surface area contributed by atoms with E-state index in [1.807, 2.05) is 0 Å². The Labute approximate surface area is 125 Å². The van der Waals surface area contributed by atoms with Crippen LogP contribution in [0, 0.1) is 11.8 Å². The average molecular weight is 270 g/mol. The molecule has 0 aliphatic heterocycles. The topological polar surface area (TPSA) is 0 Å². The predicted octanol–water partition coefficient (Wildman–Crippen LogP) is 6.37. The van der Waals surface area contributed by atoms with Crippen LogP contribution < -0.4 is 0 Å². The van der Waals surface area contributed by atoms with Crippen molar-refractivity contribution in [1.82, 2.24) is 0 Å². The quantitative estimate of drug-likeness (QED) is 0.544. The molecule has 0 nitrogen and oxygen atoms in total.